The Hall–Kier alpha value is -2.73. The van der Waals surface area contributed by atoms with Crippen LogP contribution in [0, 0.1) is 0 Å². The van der Waals surface area contributed by atoms with Gasteiger partial charge >= 0.3 is 11.6 Å². The van der Waals surface area contributed by atoms with Crippen molar-refractivity contribution in [3.63, 3.8) is 0 Å². The molecule has 0 unspecified atom stereocenters. The van der Waals surface area contributed by atoms with E-state index in [1.165, 1.54) is 13.0 Å². The molecule has 5 nitrogen and oxygen atoms in total. The van der Waals surface area contributed by atoms with E-state index in [-0.39, 0.29) is 11.3 Å². The van der Waals surface area contributed by atoms with Gasteiger partial charge in [0.15, 0.2) is 6.10 Å². The predicted molar refractivity (Wildman–Crippen MR) is 95.8 cm³/mol. The van der Waals surface area contributed by atoms with Crippen LogP contribution in [0.3, 0.4) is 0 Å². The first-order valence-electron chi connectivity index (χ1n) is 7.49. The van der Waals surface area contributed by atoms with Crippen molar-refractivity contribution in [3.05, 3.63) is 80.6 Å². The average Bonchev–Trinajstić information content (AvgIpc) is 2.61. The number of carbonyl (C=O) groups is 2. The van der Waals surface area contributed by atoms with Crippen LogP contribution in [0.25, 0.3) is 11.0 Å². The lowest BCUT2D eigenvalue weighted by Gasteiger charge is -2.12. The van der Waals surface area contributed by atoms with Crippen molar-refractivity contribution in [3.8, 4) is 0 Å². The topological polar surface area (TPSA) is 73.6 Å². The van der Waals surface area contributed by atoms with Crippen LogP contribution in [0.2, 0.25) is 0 Å². The van der Waals surface area contributed by atoms with E-state index < -0.39 is 17.7 Å². The number of benzene rings is 2. The molecule has 0 aliphatic heterocycles. The second kappa shape index (κ2) is 7.03. The predicted octanol–water partition coefficient (Wildman–Crippen LogP) is 3.98. The molecule has 0 N–H and O–H groups in total. The minimum absolute atomic E-state index is 0.242. The minimum Gasteiger partial charge on any atom is -0.450 e. The third kappa shape index (κ3) is 3.69. The fourth-order valence-electron chi connectivity index (χ4n) is 2.33. The summed E-state index contributed by atoms with van der Waals surface area (Å²) in [4.78, 5) is 36.6. The number of carbonyl (C=O) groups excluding carboxylic acids is 2. The van der Waals surface area contributed by atoms with E-state index >= 15 is 0 Å². The van der Waals surface area contributed by atoms with Crippen molar-refractivity contribution in [1.29, 1.82) is 0 Å². The van der Waals surface area contributed by atoms with Gasteiger partial charge in [0, 0.05) is 15.4 Å². The summed E-state index contributed by atoms with van der Waals surface area (Å²) in [5, 5.41) is 0.598. The first kappa shape index (κ1) is 17.1. The molecule has 0 spiro atoms. The fraction of sp³-hybridized carbons (Fsp3) is 0.105. The lowest BCUT2D eigenvalue weighted by atomic mass is 10.1. The molecule has 0 aliphatic carbocycles. The highest BCUT2D eigenvalue weighted by Crippen LogP contribution is 2.16. The number of para-hydroxylation sites is 1. The van der Waals surface area contributed by atoms with Gasteiger partial charge in [-0.15, -0.1) is 0 Å². The molecule has 0 radical (unpaired) electrons. The van der Waals surface area contributed by atoms with E-state index in [2.05, 4.69) is 15.9 Å². The van der Waals surface area contributed by atoms with E-state index in [9.17, 15) is 14.4 Å². The van der Waals surface area contributed by atoms with Crippen molar-refractivity contribution in [1.82, 2.24) is 0 Å². The molecule has 6 heteroatoms. The second-order valence-corrected chi connectivity index (χ2v) is 6.32. The summed E-state index contributed by atoms with van der Waals surface area (Å²) in [6.45, 7) is 1.46. The van der Waals surface area contributed by atoms with Crippen molar-refractivity contribution in [2.75, 3.05) is 0 Å². The number of fused-ring (bicyclic) bond motifs is 1. The molecule has 126 valence electrons. The molecule has 0 aliphatic rings. The zero-order chi connectivity index (χ0) is 18.0. The molecule has 1 aromatic heterocycles. The summed E-state index contributed by atoms with van der Waals surface area (Å²) in [5.41, 5.74) is -0.252. The monoisotopic (exact) mass is 400 g/mol. The minimum atomic E-state index is -1.03. The fourth-order valence-corrected chi connectivity index (χ4v) is 2.60. The Balaban J connectivity index is 1.82. The summed E-state index contributed by atoms with van der Waals surface area (Å²) in [5.74, 6) is -1.25. The standard InChI is InChI=1S/C19H13BrO5/c1-11(17(21)12-6-8-14(20)9-7-12)24-18(22)15-10-13-4-2-3-5-16(13)25-19(15)23/h2-11H,1H3/t11-/m1/s1. The molecule has 1 atom stereocenters. The highest BCUT2D eigenvalue weighted by molar-refractivity contribution is 9.10. The Kier molecular flexibility index (Phi) is 4.81. The summed E-state index contributed by atoms with van der Waals surface area (Å²) >= 11 is 3.29. The number of Topliss-reactive ketones (excluding diaryl/α,β-unsaturated/α-hetero) is 1. The number of ether oxygens (including phenoxy) is 1. The Morgan fingerprint density at radius 3 is 2.48 bits per heavy atom. The molecule has 25 heavy (non-hydrogen) atoms. The van der Waals surface area contributed by atoms with Crippen LogP contribution in [0.5, 0.6) is 0 Å². The van der Waals surface area contributed by atoms with E-state index in [0.717, 1.165) is 4.47 Å². The Morgan fingerprint density at radius 2 is 1.76 bits per heavy atom. The van der Waals surface area contributed by atoms with Gasteiger partial charge in [0.2, 0.25) is 5.78 Å². The van der Waals surface area contributed by atoms with Gasteiger partial charge in [-0.1, -0.05) is 46.3 Å². The summed E-state index contributed by atoms with van der Waals surface area (Å²) in [7, 11) is 0. The van der Waals surface area contributed by atoms with Gasteiger partial charge in [-0.2, -0.15) is 0 Å². The van der Waals surface area contributed by atoms with Crippen molar-refractivity contribution < 1.29 is 18.7 Å². The lowest BCUT2D eigenvalue weighted by Crippen LogP contribution is -2.27. The van der Waals surface area contributed by atoms with Crippen molar-refractivity contribution in [2.45, 2.75) is 13.0 Å². The van der Waals surface area contributed by atoms with Crippen LogP contribution in [0.1, 0.15) is 27.6 Å². The van der Waals surface area contributed by atoms with E-state index in [1.807, 2.05) is 0 Å². The number of esters is 1. The molecule has 0 saturated heterocycles. The largest absolute Gasteiger partial charge is 0.450 e. The van der Waals surface area contributed by atoms with Crippen molar-refractivity contribution >= 4 is 38.7 Å². The maximum absolute atomic E-state index is 12.3. The van der Waals surface area contributed by atoms with Crippen LogP contribution in [-0.2, 0) is 4.74 Å². The van der Waals surface area contributed by atoms with E-state index in [0.29, 0.717) is 16.5 Å². The van der Waals surface area contributed by atoms with Gasteiger partial charge in [-0.3, -0.25) is 4.79 Å². The molecule has 3 aromatic rings. The Bertz CT molecular complexity index is 1000. The van der Waals surface area contributed by atoms with Gasteiger partial charge < -0.3 is 9.15 Å². The van der Waals surface area contributed by atoms with Gasteiger partial charge in [0.25, 0.3) is 0 Å². The third-order valence-corrected chi connectivity index (χ3v) is 4.17. The second-order valence-electron chi connectivity index (χ2n) is 5.40. The molecule has 0 fully saturated rings. The van der Waals surface area contributed by atoms with E-state index in [1.54, 1.807) is 48.5 Å². The van der Waals surface area contributed by atoms with Gasteiger partial charge in [0.1, 0.15) is 11.1 Å². The molecule has 0 amide bonds. The van der Waals surface area contributed by atoms with Gasteiger partial charge in [-0.25, -0.2) is 9.59 Å². The zero-order valence-corrected chi connectivity index (χ0v) is 14.8. The highest BCUT2D eigenvalue weighted by Gasteiger charge is 2.23. The number of halogens is 1. The molecular formula is C19H13BrO5. The molecular weight excluding hydrogens is 388 g/mol. The molecule has 2 aromatic carbocycles. The highest BCUT2D eigenvalue weighted by atomic mass is 79.9. The molecule has 0 saturated carbocycles. The first-order chi connectivity index (χ1) is 12.0. The first-order valence-corrected chi connectivity index (χ1v) is 8.28. The third-order valence-electron chi connectivity index (χ3n) is 3.64. The Morgan fingerprint density at radius 1 is 1.08 bits per heavy atom. The summed E-state index contributed by atoms with van der Waals surface area (Å²) in [6, 6.07) is 14.9. The van der Waals surface area contributed by atoms with Crippen LogP contribution in [-0.4, -0.2) is 17.9 Å². The number of hydrogen-bond acceptors (Lipinski definition) is 5. The Labute approximate surface area is 151 Å². The van der Waals surface area contributed by atoms with E-state index in [4.69, 9.17) is 9.15 Å². The van der Waals surface area contributed by atoms with Gasteiger partial charge in [-0.05, 0) is 31.2 Å². The normalized spacial score (nSPS) is 11.9. The number of hydrogen-bond donors (Lipinski definition) is 0. The van der Waals surface area contributed by atoms with Crippen LogP contribution in [0.15, 0.2) is 68.3 Å². The molecule has 3 rings (SSSR count). The number of rotatable bonds is 4. The van der Waals surface area contributed by atoms with Crippen LogP contribution < -0.4 is 5.63 Å². The quantitative estimate of drug-likeness (QED) is 0.376. The summed E-state index contributed by atoms with van der Waals surface area (Å²) in [6.07, 6.45) is -1.03. The lowest BCUT2D eigenvalue weighted by molar-refractivity contribution is 0.0315. The maximum atomic E-state index is 12.3. The summed E-state index contributed by atoms with van der Waals surface area (Å²) < 4.78 is 11.1. The van der Waals surface area contributed by atoms with Crippen LogP contribution in [0.4, 0.5) is 0 Å². The SMILES string of the molecule is C[C@@H](OC(=O)c1cc2ccccc2oc1=O)C(=O)c1ccc(Br)cc1. The van der Waals surface area contributed by atoms with Crippen LogP contribution >= 0.6 is 15.9 Å². The molecule has 0 bridgehead atoms. The zero-order valence-electron chi connectivity index (χ0n) is 13.2. The smallest absolute Gasteiger partial charge is 0.351 e. The molecule has 1 heterocycles. The van der Waals surface area contributed by atoms with Crippen molar-refractivity contribution in [2.24, 2.45) is 0 Å². The van der Waals surface area contributed by atoms with Gasteiger partial charge in [0.05, 0.1) is 0 Å². The average molecular weight is 401 g/mol. The number of ketones is 1. The maximum Gasteiger partial charge on any atom is 0.351 e.